The molecule has 0 saturated heterocycles. The molecule has 0 aliphatic carbocycles. The lowest BCUT2D eigenvalue weighted by Crippen LogP contribution is -2.32. The third-order valence-electron chi connectivity index (χ3n) is 2.64. The Morgan fingerprint density at radius 2 is 2.11 bits per heavy atom. The standard InChI is InChI=1S/C13H17FN2O3/c1-9-8-10(5-6-11(9)14)15-13(19)16(2)7-3-4-12(17)18/h5-6,8H,3-4,7H2,1-2H3,(H,15,19)(H,17,18). The minimum absolute atomic E-state index is 0.0211. The number of carboxylic acid groups (broad SMARTS) is 1. The second-order valence-corrected chi connectivity index (χ2v) is 4.31. The molecule has 0 bridgehead atoms. The Labute approximate surface area is 111 Å². The first-order valence-corrected chi connectivity index (χ1v) is 5.90. The third kappa shape index (κ3) is 4.95. The molecule has 5 nitrogen and oxygen atoms in total. The van der Waals surface area contributed by atoms with Crippen LogP contribution in [-0.4, -0.2) is 35.6 Å². The first kappa shape index (κ1) is 14.9. The zero-order valence-corrected chi connectivity index (χ0v) is 10.9. The Hall–Kier alpha value is -2.11. The number of aliphatic carboxylic acids is 1. The average molecular weight is 268 g/mol. The zero-order valence-electron chi connectivity index (χ0n) is 10.9. The van der Waals surface area contributed by atoms with Crippen molar-refractivity contribution in [1.29, 1.82) is 0 Å². The van der Waals surface area contributed by atoms with E-state index < -0.39 is 5.97 Å². The van der Waals surface area contributed by atoms with E-state index in [1.165, 1.54) is 17.0 Å². The highest BCUT2D eigenvalue weighted by molar-refractivity contribution is 5.89. The molecule has 0 radical (unpaired) electrons. The number of hydrogen-bond acceptors (Lipinski definition) is 2. The van der Waals surface area contributed by atoms with Crippen LogP contribution in [-0.2, 0) is 4.79 Å². The Bertz CT molecular complexity index is 477. The fraction of sp³-hybridized carbons (Fsp3) is 0.385. The van der Waals surface area contributed by atoms with Gasteiger partial charge in [0.25, 0.3) is 0 Å². The molecule has 6 heteroatoms. The molecule has 1 aromatic rings. The lowest BCUT2D eigenvalue weighted by molar-refractivity contribution is -0.137. The van der Waals surface area contributed by atoms with Gasteiger partial charge in [0.2, 0.25) is 0 Å². The quantitative estimate of drug-likeness (QED) is 0.861. The predicted octanol–water partition coefficient (Wildman–Crippen LogP) is 2.46. The van der Waals surface area contributed by atoms with E-state index in [1.54, 1.807) is 20.0 Å². The molecule has 2 amide bonds. The number of benzene rings is 1. The second-order valence-electron chi connectivity index (χ2n) is 4.31. The van der Waals surface area contributed by atoms with Gasteiger partial charge in [-0.05, 0) is 37.1 Å². The molecule has 0 saturated carbocycles. The van der Waals surface area contributed by atoms with E-state index in [1.807, 2.05) is 0 Å². The van der Waals surface area contributed by atoms with Gasteiger partial charge in [-0.15, -0.1) is 0 Å². The van der Waals surface area contributed by atoms with Gasteiger partial charge in [0.15, 0.2) is 0 Å². The molecule has 0 fully saturated rings. The smallest absolute Gasteiger partial charge is 0.321 e. The lowest BCUT2D eigenvalue weighted by atomic mass is 10.2. The number of hydrogen-bond donors (Lipinski definition) is 2. The molecule has 19 heavy (non-hydrogen) atoms. The van der Waals surface area contributed by atoms with Gasteiger partial charge < -0.3 is 15.3 Å². The van der Waals surface area contributed by atoms with Gasteiger partial charge in [0.05, 0.1) is 0 Å². The van der Waals surface area contributed by atoms with Crippen LogP contribution >= 0.6 is 0 Å². The first-order valence-electron chi connectivity index (χ1n) is 5.90. The number of halogens is 1. The molecule has 0 heterocycles. The topological polar surface area (TPSA) is 69.6 Å². The van der Waals surface area contributed by atoms with Gasteiger partial charge >= 0.3 is 12.0 Å². The van der Waals surface area contributed by atoms with Crippen LogP contribution in [0.4, 0.5) is 14.9 Å². The summed E-state index contributed by atoms with van der Waals surface area (Å²) in [5, 5.41) is 11.1. The fourth-order valence-electron chi connectivity index (χ4n) is 1.51. The maximum atomic E-state index is 13.1. The Morgan fingerprint density at radius 1 is 1.42 bits per heavy atom. The molecule has 104 valence electrons. The molecule has 1 aromatic carbocycles. The number of rotatable bonds is 5. The van der Waals surface area contributed by atoms with Crippen LogP contribution in [0, 0.1) is 12.7 Å². The lowest BCUT2D eigenvalue weighted by Gasteiger charge is -2.17. The molecule has 0 unspecified atom stereocenters. The number of amides is 2. The number of nitrogens with one attached hydrogen (secondary N) is 1. The normalized spacial score (nSPS) is 10.1. The van der Waals surface area contributed by atoms with E-state index in [-0.39, 0.29) is 18.3 Å². The van der Waals surface area contributed by atoms with Crippen molar-refractivity contribution in [3.8, 4) is 0 Å². The van der Waals surface area contributed by atoms with Gasteiger partial charge in [0.1, 0.15) is 5.82 Å². The molecular formula is C13H17FN2O3. The van der Waals surface area contributed by atoms with E-state index in [0.29, 0.717) is 24.2 Å². The van der Waals surface area contributed by atoms with Crippen LogP contribution in [0.15, 0.2) is 18.2 Å². The van der Waals surface area contributed by atoms with E-state index >= 15 is 0 Å². The number of anilines is 1. The molecule has 2 N–H and O–H groups in total. The van der Waals surface area contributed by atoms with Crippen molar-refractivity contribution in [2.75, 3.05) is 18.9 Å². The number of carbonyl (C=O) groups excluding carboxylic acids is 1. The fourth-order valence-corrected chi connectivity index (χ4v) is 1.51. The van der Waals surface area contributed by atoms with Gasteiger partial charge in [0, 0.05) is 25.7 Å². The van der Waals surface area contributed by atoms with E-state index in [2.05, 4.69) is 5.32 Å². The zero-order chi connectivity index (χ0) is 14.4. The summed E-state index contributed by atoms with van der Waals surface area (Å²) < 4.78 is 13.1. The van der Waals surface area contributed by atoms with Crippen molar-refractivity contribution < 1.29 is 19.1 Å². The Kier molecular flexibility index (Phi) is 5.29. The summed E-state index contributed by atoms with van der Waals surface area (Å²) >= 11 is 0. The predicted molar refractivity (Wildman–Crippen MR) is 69.7 cm³/mol. The Morgan fingerprint density at radius 3 is 2.68 bits per heavy atom. The first-order chi connectivity index (χ1) is 8.90. The highest BCUT2D eigenvalue weighted by Crippen LogP contribution is 2.14. The number of carbonyl (C=O) groups is 2. The van der Waals surface area contributed by atoms with Crippen LogP contribution in [0.3, 0.4) is 0 Å². The number of carboxylic acids is 1. The Balaban J connectivity index is 2.49. The van der Waals surface area contributed by atoms with E-state index in [0.717, 1.165) is 0 Å². The van der Waals surface area contributed by atoms with Crippen molar-refractivity contribution in [1.82, 2.24) is 4.90 Å². The van der Waals surface area contributed by atoms with Crippen molar-refractivity contribution in [3.63, 3.8) is 0 Å². The highest BCUT2D eigenvalue weighted by atomic mass is 19.1. The SMILES string of the molecule is Cc1cc(NC(=O)N(C)CCCC(=O)O)ccc1F. The van der Waals surface area contributed by atoms with Gasteiger partial charge in [-0.1, -0.05) is 0 Å². The van der Waals surface area contributed by atoms with Crippen LogP contribution in [0.5, 0.6) is 0 Å². The largest absolute Gasteiger partial charge is 0.481 e. The van der Waals surface area contributed by atoms with Gasteiger partial charge in [-0.25, -0.2) is 9.18 Å². The molecular weight excluding hydrogens is 251 g/mol. The molecule has 0 aliphatic heterocycles. The summed E-state index contributed by atoms with van der Waals surface area (Å²) in [6, 6.07) is 3.95. The van der Waals surface area contributed by atoms with Crippen molar-refractivity contribution >= 4 is 17.7 Å². The average Bonchev–Trinajstić information content (AvgIpc) is 2.33. The summed E-state index contributed by atoms with van der Waals surface area (Å²) in [4.78, 5) is 23.5. The monoisotopic (exact) mass is 268 g/mol. The molecule has 0 spiro atoms. The van der Waals surface area contributed by atoms with Crippen LogP contribution in [0.25, 0.3) is 0 Å². The summed E-state index contributed by atoms with van der Waals surface area (Å²) in [6.45, 7) is 1.96. The van der Waals surface area contributed by atoms with E-state index in [9.17, 15) is 14.0 Å². The van der Waals surface area contributed by atoms with Crippen LogP contribution in [0.1, 0.15) is 18.4 Å². The highest BCUT2D eigenvalue weighted by Gasteiger charge is 2.10. The van der Waals surface area contributed by atoms with Gasteiger partial charge in [-0.3, -0.25) is 4.79 Å². The van der Waals surface area contributed by atoms with Gasteiger partial charge in [-0.2, -0.15) is 0 Å². The van der Waals surface area contributed by atoms with E-state index in [4.69, 9.17) is 5.11 Å². The summed E-state index contributed by atoms with van der Waals surface area (Å²) in [6.07, 6.45) is 0.412. The van der Waals surface area contributed by atoms with Crippen molar-refractivity contribution in [2.45, 2.75) is 19.8 Å². The third-order valence-corrected chi connectivity index (χ3v) is 2.64. The summed E-state index contributed by atoms with van der Waals surface area (Å²) in [5.74, 6) is -1.21. The minimum atomic E-state index is -0.886. The minimum Gasteiger partial charge on any atom is -0.481 e. The summed E-state index contributed by atoms with van der Waals surface area (Å²) in [5.41, 5.74) is 0.959. The maximum absolute atomic E-state index is 13.1. The van der Waals surface area contributed by atoms with Crippen LogP contribution < -0.4 is 5.32 Å². The van der Waals surface area contributed by atoms with Crippen molar-refractivity contribution in [2.24, 2.45) is 0 Å². The molecule has 0 aromatic heterocycles. The molecule has 0 atom stereocenters. The number of urea groups is 1. The number of aryl methyl sites for hydroxylation is 1. The second kappa shape index (κ2) is 6.72. The number of nitrogens with zero attached hydrogens (tertiary/aromatic N) is 1. The van der Waals surface area contributed by atoms with Crippen molar-refractivity contribution in [3.05, 3.63) is 29.6 Å². The maximum Gasteiger partial charge on any atom is 0.321 e. The molecule has 0 aliphatic rings. The molecule has 1 rings (SSSR count). The van der Waals surface area contributed by atoms with Crippen LogP contribution in [0.2, 0.25) is 0 Å². The summed E-state index contributed by atoms with van der Waals surface area (Å²) in [7, 11) is 1.58.